The number of hydrogen-bond acceptors (Lipinski definition) is 1. The first kappa shape index (κ1) is 14.5. The first-order chi connectivity index (χ1) is 9.34. The highest BCUT2D eigenvalue weighted by Crippen LogP contribution is 2.32. The number of rotatable bonds is 2. The molecule has 0 aliphatic heterocycles. The molecule has 0 aliphatic rings. The number of carbonyl (C=O) groups excluding carboxylic acids is 1. The summed E-state index contributed by atoms with van der Waals surface area (Å²) < 4.78 is 67.4. The third-order valence-electron chi connectivity index (χ3n) is 2.59. The van der Waals surface area contributed by atoms with Crippen molar-refractivity contribution in [3.63, 3.8) is 0 Å². The second-order valence-electron chi connectivity index (χ2n) is 3.79. The molecule has 20 heavy (non-hydrogen) atoms. The summed E-state index contributed by atoms with van der Waals surface area (Å²) in [7, 11) is 0. The standard InChI is InChI=1S/C13H4ClF5O/c14-13(20)8-11(18)9(16)7(10(17)12(8)19)5-1-3-6(15)4-2-5/h1-4H. The van der Waals surface area contributed by atoms with Gasteiger partial charge in [0.1, 0.15) is 11.4 Å². The van der Waals surface area contributed by atoms with Crippen LogP contribution in [0, 0.1) is 29.1 Å². The van der Waals surface area contributed by atoms with E-state index in [1.165, 1.54) is 0 Å². The Kier molecular flexibility index (Phi) is 3.76. The molecule has 0 bridgehead atoms. The first-order valence-corrected chi connectivity index (χ1v) is 5.54. The lowest BCUT2D eigenvalue weighted by molar-refractivity contribution is 0.107. The molecule has 0 atom stereocenters. The van der Waals surface area contributed by atoms with Gasteiger partial charge >= 0.3 is 0 Å². The molecule has 0 amide bonds. The Bertz CT molecular complexity index is 668. The largest absolute Gasteiger partial charge is 0.275 e. The minimum atomic E-state index is -1.90. The van der Waals surface area contributed by atoms with Gasteiger partial charge in [-0.1, -0.05) is 12.1 Å². The maximum atomic E-state index is 13.8. The average molecular weight is 307 g/mol. The highest BCUT2D eigenvalue weighted by atomic mass is 35.5. The van der Waals surface area contributed by atoms with Crippen molar-refractivity contribution in [2.75, 3.05) is 0 Å². The van der Waals surface area contributed by atoms with Crippen molar-refractivity contribution in [3.8, 4) is 11.1 Å². The van der Waals surface area contributed by atoms with Gasteiger partial charge in [0.25, 0.3) is 5.24 Å². The van der Waals surface area contributed by atoms with Crippen molar-refractivity contribution in [3.05, 3.63) is 58.9 Å². The molecule has 7 heteroatoms. The van der Waals surface area contributed by atoms with Gasteiger partial charge in [0.15, 0.2) is 23.3 Å². The maximum absolute atomic E-state index is 13.8. The van der Waals surface area contributed by atoms with Crippen molar-refractivity contribution in [2.24, 2.45) is 0 Å². The highest BCUT2D eigenvalue weighted by molar-refractivity contribution is 6.67. The molecule has 0 heterocycles. The van der Waals surface area contributed by atoms with Crippen LogP contribution in [0.5, 0.6) is 0 Å². The average Bonchev–Trinajstić information content (AvgIpc) is 2.39. The molecule has 2 aromatic rings. The van der Waals surface area contributed by atoms with E-state index in [0.29, 0.717) is 0 Å². The fraction of sp³-hybridized carbons (Fsp3) is 0. The van der Waals surface area contributed by atoms with Crippen LogP contribution in [0.25, 0.3) is 11.1 Å². The zero-order valence-corrected chi connectivity index (χ0v) is 10.2. The summed E-state index contributed by atoms with van der Waals surface area (Å²) in [5.74, 6) is -8.05. The van der Waals surface area contributed by atoms with E-state index in [1.54, 1.807) is 0 Å². The van der Waals surface area contributed by atoms with Gasteiger partial charge in [-0.05, 0) is 29.3 Å². The number of hydrogen-bond donors (Lipinski definition) is 0. The molecule has 2 aromatic carbocycles. The third-order valence-corrected chi connectivity index (χ3v) is 2.78. The summed E-state index contributed by atoms with van der Waals surface area (Å²) >= 11 is 4.87. The van der Waals surface area contributed by atoms with Crippen LogP contribution < -0.4 is 0 Å². The topological polar surface area (TPSA) is 17.1 Å². The zero-order chi connectivity index (χ0) is 15.0. The van der Waals surface area contributed by atoms with Gasteiger partial charge in [-0.15, -0.1) is 0 Å². The van der Waals surface area contributed by atoms with E-state index in [1.807, 2.05) is 0 Å². The van der Waals surface area contributed by atoms with E-state index in [2.05, 4.69) is 0 Å². The number of halogens is 6. The minimum absolute atomic E-state index is 0.284. The van der Waals surface area contributed by atoms with Gasteiger partial charge in [-0.2, -0.15) is 0 Å². The summed E-state index contributed by atoms with van der Waals surface area (Å²) in [6.07, 6.45) is 0. The van der Waals surface area contributed by atoms with E-state index >= 15 is 0 Å². The molecule has 0 N–H and O–H groups in total. The summed E-state index contributed by atoms with van der Waals surface area (Å²) in [6.45, 7) is 0. The summed E-state index contributed by atoms with van der Waals surface area (Å²) in [5.41, 5.74) is -2.83. The molecule has 0 fully saturated rings. The van der Waals surface area contributed by atoms with Crippen molar-refractivity contribution < 1.29 is 26.7 Å². The lowest BCUT2D eigenvalue weighted by atomic mass is 10.0. The van der Waals surface area contributed by atoms with E-state index in [-0.39, 0.29) is 5.56 Å². The van der Waals surface area contributed by atoms with Gasteiger partial charge in [-0.25, -0.2) is 22.0 Å². The van der Waals surface area contributed by atoms with Crippen LogP contribution in [0.3, 0.4) is 0 Å². The molecular weight excluding hydrogens is 303 g/mol. The normalized spacial score (nSPS) is 10.7. The Morgan fingerprint density at radius 2 is 1.25 bits per heavy atom. The predicted octanol–water partition coefficient (Wildman–Crippen LogP) is 4.43. The molecule has 0 unspecified atom stereocenters. The monoisotopic (exact) mass is 306 g/mol. The van der Waals surface area contributed by atoms with E-state index < -0.39 is 45.5 Å². The Morgan fingerprint density at radius 1 is 0.800 bits per heavy atom. The fourth-order valence-electron chi connectivity index (χ4n) is 1.67. The molecule has 0 aliphatic carbocycles. The minimum Gasteiger partial charge on any atom is -0.275 e. The number of carbonyl (C=O) groups is 1. The maximum Gasteiger partial charge on any atom is 0.258 e. The Hall–Kier alpha value is -1.95. The van der Waals surface area contributed by atoms with Gasteiger partial charge in [0, 0.05) is 0 Å². The van der Waals surface area contributed by atoms with Gasteiger partial charge < -0.3 is 0 Å². The molecular formula is C13H4ClF5O. The van der Waals surface area contributed by atoms with Crippen LogP contribution >= 0.6 is 11.6 Å². The molecule has 0 aromatic heterocycles. The van der Waals surface area contributed by atoms with Crippen LogP contribution in [0.2, 0.25) is 0 Å². The van der Waals surface area contributed by atoms with Crippen molar-refractivity contribution in [1.29, 1.82) is 0 Å². The molecule has 104 valence electrons. The third kappa shape index (κ3) is 2.27. The Labute approximate surface area is 114 Å². The predicted molar refractivity (Wildman–Crippen MR) is 61.9 cm³/mol. The van der Waals surface area contributed by atoms with Gasteiger partial charge in [-0.3, -0.25) is 4.79 Å². The van der Waals surface area contributed by atoms with E-state index in [9.17, 15) is 26.7 Å². The van der Waals surface area contributed by atoms with E-state index in [4.69, 9.17) is 11.6 Å². The van der Waals surface area contributed by atoms with Crippen molar-refractivity contribution >= 4 is 16.8 Å². The molecule has 1 nitrogen and oxygen atoms in total. The van der Waals surface area contributed by atoms with Crippen LogP contribution in [-0.4, -0.2) is 5.24 Å². The quantitative estimate of drug-likeness (QED) is 0.456. The zero-order valence-electron chi connectivity index (χ0n) is 9.49. The molecule has 2 rings (SSSR count). The first-order valence-electron chi connectivity index (χ1n) is 5.16. The molecule has 0 saturated heterocycles. The molecule has 0 spiro atoms. The molecule has 0 saturated carbocycles. The van der Waals surface area contributed by atoms with E-state index in [0.717, 1.165) is 24.3 Å². The highest BCUT2D eigenvalue weighted by Gasteiger charge is 2.29. The van der Waals surface area contributed by atoms with Gasteiger partial charge in [0.2, 0.25) is 0 Å². The summed E-state index contributed by atoms with van der Waals surface area (Å²) in [6, 6.07) is 3.62. The van der Waals surface area contributed by atoms with Crippen LogP contribution in [0.4, 0.5) is 22.0 Å². The second kappa shape index (κ2) is 5.20. The smallest absolute Gasteiger partial charge is 0.258 e. The van der Waals surface area contributed by atoms with Crippen LogP contribution in [0.15, 0.2) is 24.3 Å². The summed E-state index contributed by atoms with van der Waals surface area (Å²) in [5, 5.41) is -1.66. The van der Waals surface area contributed by atoms with Crippen LogP contribution in [0.1, 0.15) is 10.4 Å². The number of benzene rings is 2. The van der Waals surface area contributed by atoms with Crippen molar-refractivity contribution in [2.45, 2.75) is 0 Å². The Balaban J connectivity index is 2.79. The Morgan fingerprint density at radius 3 is 1.65 bits per heavy atom. The second-order valence-corrected chi connectivity index (χ2v) is 4.13. The van der Waals surface area contributed by atoms with Crippen LogP contribution in [-0.2, 0) is 0 Å². The fourth-order valence-corrected chi connectivity index (χ4v) is 1.84. The van der Waals surface area contributed by atoms with Crippen molar-refractivity contribution in [1.82, 2.24) is 0 Å². The SMILES string of the molecule is O=C(Cl)c1c(F)c(F)c(-c2ccc(F)cc2)c(F)c1F. The summed E-state index contributed by atoms with van der Waals surface area (Å²) in [4.78, 5) is 10.8. The lowest BCUT2D eigenvalue weighted by Crippen LogP contribution is -2.08. The van der Waals surface area contributed by atoms with Gasteiger partial charge in [0.05, 0.1) is 5.56 Å². The molecule has 0 radical (unpaired) electrons. The lowest BCUT2D eigenvalue weighted by Gasteiger charge is -2.10.